The van der Waals surface area contributed by atoms with Crippen molar-refractivity contribution < 1.29 is 9.90 Å². The summed E-state index contributed by atoms with van der Waals surface area (Å²) >= 11 is 0. The molecule has 1 aromatic rings. The summed E-state index contributed by atoms with van der Waals surface area (Å²) in [7, 11) is 0. The highest BCUT2D eigenvalue weighted by molar-refractivity contribution is 5.81. The number of benzene rings is 1. The van der Waals surface area contributed by atoms with Gasteiger partial charge in [0.05, 0.1) is 18.2 Å². The first kappa shape index (κ1) is 18.4. The van der Waals surface area contributed by atoms with Gasteiger partial charge in [-0.3, -0.25) is 9.69 Å². The van der Waals surface area contributed by atoms with E-state index in [2.05, 4.69) is 35.3 Å². The second kappa shape index (κ2) is 7.88. The summed E-state index contributed by atoms with van der Waals surface area (Å²) in [6, 6.07) is 6.56. The lowest BCUT2D eigenvalue weighted by atomic mass is 9.89. The average Bonchev–Trinajstić information content (AvgIpc) is 3.11. The summed E-state index contributed by atoms with van der Waals surface area (Å²) in [4.78, 5) is 14.9. The number of hydrogen-bond acceptors (Lipinski definition) is 3. The predicted octanol–water partition coefficient (Wildman–Crippen LogP) is 2.83. The number of fused-ring (bicyclic) bond motifs is 1. The van der Waals surface area contributed by atoms with Crippen LogP contribution in [-0.4, -0.2) is 41.1 Å². The second-order valence-electron chi connectivity index (χ2n) is 7.93. The van der Waals surface area contributed by atoms with E-state index >= 15 is 0 Å². The number of carbonyl (C=O) groups is 1. The van der Waals surface area contributed by atoms with Crippen LogP contribution in [0.15, 0.2) is 18.2 Å². The molecule has 4 nitrogen and oxygen atoms in total. The number of hydrogen-bond donors (Lipinski definition) is 2. The molecule has 0 spiro atoms. The summed E-state index contributed by atoms with van der Waals surface area (Å²) in [5.41, 5.74) is 4.13. The first-order valence-corrected chi connectivity index (χ1v) is 9.80. The highest BCUT2D eigenvalue weighted by Crippen LogP contribution is 2.25. The molecule has 0 radical (unpaired) electrons. The maximum atomic E-state index is 12.7. The van der Waals surface area contributed by atoms with Crippen molar-refractivity contribution in [1.82, 2.24) is 10.2 Å². The molecule has 1 aliphatic carbocycles. The first-order valence-electron chi connectivity index (χ1n) is 9.80. The molecule has 138 valence electrons. The number of likely N-dealkylation sites (tertiary alicyclic amines) is 1. The van der Waals surface area contributed by atoms with E-state index in [0.29, 0.717) is 0 Å². The Morgan fingerprint density at radius 2 is 1.92 bits per heavy atom. The molecule has 1 fully saturated rings. The van der Waals surface area contributed by atoms with Gasteiger partial charge in [0.1, 0.15) is 0 Å². The van der Waals surface area contributed by atoms with Gasteiger partial charge in [-0.15, -0.1) is 0 Å². The third-order valence-corrected chi connectivity index (χ3v) is 6.10. The van der Waals surface area contributed by atoms with E-state index in [1.165, 1.54) is 36.0 Å². The monoisotopic (exact) mass is 344 g/mol. The van der Waals surface area contributed by atoms with Gasteiger partial charge in [0.2, 0.25) is 5.91 Å². The molecule has 1 aromatic carbocycles. The zero-order valence-corrected chi connectivity index (χ0v) is 15.8. The van der Waals surface area contributed by atoms with Gasteiger partial charge >= 0.3 is 0 Å². The van der Waals surface area contributed by atoms with Crippen LogP contribution in [0.25, 0.3) is 0 Å². The van der Waals surface area contributed by atoms with Gasteiger partial charge in [0.25, 0.3) is 0 Å². The maximum absolute atomic E-state index is 12.7. The molecule has 25 heavy (non-hydrogen) atoms. The molecule has 2 aliphatic rings. The molecule has 4 atom stereocenters. The van der Waals surface area contributed by atoms with Crippen molar-refractivity contribution in [2.75, 3.05) is 13.1 Å². The molecule has 1 aliphatic heterocycles. The van der Waals surface area contributed by atoms with Crippen LogP contribution in [0.2, 0.25) is 0 Å². The number of aliphatic hydroxyl groups is 1. The normalized spacial score (nSPS) is 24.4. The fourth-order valence-corrected chi connectivity index (χ4v) is 4.17. The van der Waals surface area contributed by atoms with Crippen LogP contribution in [-0.2, 0) is 17.6 Å². The summed E-state index contributed by atoms with van der Waals surface area (Å²) in [6.45, 7) is 7.57. The topological polar surface area (TPSA) is 52.6 Å². The minimum Gasteiger partial charge on any atom is -0.393 e. The van der Waals surface area contributed by atoms with E-state index in [1.807, 2.05) is 13.8 Å². The molecule has 4 unspecified atom stereocenters. The minimum absolute atomic E-state index is 0.0253. The van der Waals surface area contributed by atoms with Gasteiger partial charge in [-0.2, -0.15) is 0 Å². The Balaban J connectivity index is 1.59. The molecular weight excluding hydrogens is 312 g/mol. The number of nitrogens with one attached hydrogen (secondary N) is 1. The van der Waals surface area contributed by atoms with E-state index in [-0.39, 0.29) is 30.0 Å². The van der Waals surface area contributed by atoms with Crippen molar-refractivity contribution in [1.29, 1.82) is 0 Å². The Bertz CT molecular complexity index is 614. The van der Waals surface area contributed by atoms with Crippen LogP contribution in [0, 0.1) is 5.92 Å². The molecule has 3 rings (SSSR count). The highest BCUT2D eigenvalue weighted by atomic mass is 16.3. The second-order valence-corrected chi connectivity index (χ2v) is 7.93. The molecule has 2 N–H and O–H groups in total. The Morgan fingerprint density at radius 1 is 1.20 bits per heavy atom. The molecule has 1 heterocycles. The molecule has 4 heteroatoms. The quantitative estimate of drug-likeness (QED) is 0.864. The van der Waals surface area contributed by atoms with Gasteiger partial charge in [-0.1, -0.05) is 18.2 Å². The van der Waals surface area contributed by atoms with Crippen LogP contribution >= 0.6 is 0 Å². The van der Waals surface area contributed by atoms with E-state index in [9.17, 15) is 9.90 Å². The largest absolute Gasteiger partial charge is 0.393 e. The highest BCUT2D eigenvalue weighted by Gasteiger charge is 2.32. The van der Waals surface area contributed by atoms with Crippen LogP contribution in [0.1, 0.15) is 62.8 Å². The summed E-state index contributed by atoms with van der Waals surface area (Å²) in [5, 5.41) is 12.9. The van der Waals surface area contributed by atoms with Crippen LogP contribution in [0.3, 0.4) is 0 Å². The minimum atomic E-state index is -0.297. The van der Waals surface area contributed by atoms with Crippen LogP contribution < -0.4 is 5.32 Å². The molecule has 0 aromatic heterocycles. The van der Waals surface area contributed by atoms with Gasteiger partial charge in [0, 0.05) is 6.54 Å². The molecule has 1 amide bonds. The zero-order chi connectivity index (χ0) is 18.0. The van der Waals surface area contributed by atoms with E-state index < -0.39 is 0 Å². The lowest BCUT2D eigenvalue weighted by Gasteiger charge is -2.26. The Labute approximate surface area is 151 Å². The molecule has 0 saturated carbocycles. The number of rotatable bonds is 5. The van der Waals surface area contributed by atoms with Crippen LogP contribution in [0.4, 0.5) is 0 Å². The fraction of sp³-hybridized carbons (Fsp3) is 0.667. The first-order chi connectivity index (χ1) is 12.0. The Kier molecular flexibility index (Phi) is 5.80. The van der Waals surface area contributed by atoms with Crippen molar-refractivity contribution in [3.8, 4) is 0 Å². The smallest absolute Gasteiger partial charge is 0.237 e. The van der Waals surface area contributed by atoms with Crippen molar-refractivity contribution in [2.45, 2.75) is 71.1 Å². The van der Waals surface area contributed by atoms with Gasteiger partial charge in [-0.25, -0.2) is 0 Å². The standard InChI is InChI=1S/C21H32N2O2/c1-14(18-9-8-17-6-4-5-7-19(17)12-18)22-21(25)15(2)23-11-10-20(13-23)16(3)24/h8-9,12,14-16,20,24H,4-7,10-11,13H2,1-3H3,(H,22,25). The Morgan fingerprint density at radius 3 is 2.60 bits per heavy atom. The summed E-state index contributed by atoms with van der Waals surface area (Å²) in [5.74, 6) is 0.366. The van der Waals surface area contributed by atoms with Gasteiger partial charge in [-0.05, 0) is 82.0 Å². The average molecular weight is 344 g/mol. The number of aliphatic hydroxyl groups excluding tert-OH is 1. The lowest BCUT2D eigenvalue weighted by Crippen LogP contribution is -2.45. The van der Waals surface area contributed by atoms with Gasteiger partial charge < -0.3 is 10.4 Å². The van der Waals surface area contributed by atoms with Crippen molar-refractivity contribution in [3.63, 3.8) is 0 Å². The van der Waals surface area contributed by atoms with Crippen molar-refractivity contribution >= 4 is 5.91 Å². The third-order valence-electron chi connectivity index (χ3n) is 6.10. The molecular formula is C21H32N2O2. The van der Waals surface area contributed by atoms with Crippen molar-refractivity contribution in [2.24, 2.45) is 5.92 Å². The number of aryl methyl sites for hydroxylation is 2. The SMILES string of the molecule is CC(NC(=O)C(C)N1CCC(C(C)O)C1)c1ccc2c(c1)CCCC2. The summed E-state index contributed by atoms with van der Waals surface area (Å²) in [6.07, 6.45) is 5.58. The van der Waals surface area contributed by atoms with E-state index in [0.717, 1.165) is 25.9 Å². The Hall–Kier alpha value is -1.39. The zero-order valence-electron chi connectivity index (χ0n) is 15.8. The number of nitrogens with zero attached hydrogens (tertiary/aromatic N) is 1. The van der Waals surface area contributed by atoms with E-state index in [4.69, 9.17) is 0 Å². The van der Waals surface area contributed by atoms with Crippen LogP contribution in [0.5, 0.6) is 0 Å². The number of carbonyl (C=O) groups excluding carboxylic acids is 1. The van der Waals surface area contributed by atoms with E-state index in [1.54, 1.807) is 0 Å². The van der Waals surface area contributed by atoms with Gasteiger partial charge in [0.15, 0.2) is 0 Å². The predicted molar refractivity (Wildman–Crippen MR) is 100 cm³/mol. The van der Waals surface area contributed by atoms with Crippen molar-refractivity contribution in [3.05, 3.63) is 34.9 Å². The maximum Gasteiger partial charge on any atom is 0.237 e. The third kappa shape index (κ3) is 4.24. The fourth-order valence-electron chi connectivity index (χ4n) is 4.17. The number of amides is 1. The lowest BCUT2D eigenvalue weighted by molar-refractivity contribution is -0.126. The summed E-state index contributed by atoms with van der Waals surface area (Å²) < 4.78 is 0. The molecule has 0 bridgehead atoms. The molecule has 1 saturated heterocycles.